The lowest BCUT2D eigenvalue weighted by Gasteiger charge is -2.45. The third kappa shape index (κ3) is 2.03. The molecule has 2 fully saturated rings. The zero-order valence-electron chi connectivity index (χ0n) is 10.7. The summed E-state index contributed by atoms with van der Waals surface area (Å²) in [6.45, 7) is 2.35. The van der Waals surface area contributed by atoms with Crippen molar-refractivity contribution in [1.82, 2.24) is 5.32 Å². The molecule has 4 unspecified atom stereocenters. The Balaban J connectivity index is 1.70. The fourth-order valence-corrected chi connectivity index (χ4v) is 2.95. The van der Waals surface area contributed by atoms with Crippen molar-refractivity contribution in [1.29, 1.82) is 0 Å². The Morgan fingerprint density at radius 3 is 3.05 bits per heavy atom. The minimum atomic E-state index is -0.309. The number of aryl methyl sites for hydroxylation is 1. The summed E-state index contributed by atoms with van der Waals surface area (Å²) in [6, 6.07) is 4.15. The summed E-state index contributed by atoms with van der Waals surface area (Å²) in [5, 5.41) is 2.89. The van der Waals surface area contributed by atoms with Gasteiger partial charge in [-0.1, -0.05) is 0 Å². The first-order valence-corrected chi connectivity index (χ1v) is 6.52. The molecule has 5 heteroatoms. The van der Waals surface area contributed by atoms with Gasteiger partial charge >= 0.3 is 0 Å². The standard InChI is InChI=1S/C14H17FN2O2/c1-7-6-8(2-3-10(7)15)14(18)17-12-11(16)9-4-5-19-13(9)12/h2-3,6,9,11-13H,4-5,16H2,1H3,(H,17,18). The molecule has 0 bridgehead atoms. The topological polar surface area (TPSA) is 64.4 Å². The number of carbonyl (C=O) groups is 1. The molecule has 1 aromatic carbocycles. The van der Waals surface area contributed by atoms with Gasteiger partial charge in [-0.15, -0.1) is 0 Å². The smallest absolute Gasteiger partial charge is 0.251 e. The van der Waals surface area contributed by atoms with Crippen molar-refractivity contribution in [3.63, 3.8) is 0 Å². The van der Waals surface area contributed by atoms with E-state index in [0.717, 1.165) is 6.42 Å². The molecule has 2 aliphatic rings. The van der Waals surface area contributed by atoms with E-state index >= 15 is 0 Å². The van der Waals surface area contributed by atoms with E-state index in [1.165, 1.54) is 12.1 Å². The van der Waals surface area contributed by atoms with Crippen LogP contribution in [0.3, 0.4) is 0 Å². The number of rotatable bonds is 2. The summed E-state index contributed by atoms with van der Waals surface area (Å²) < 4.78 is 18.7. The highest BCUT2D eigenvalue weighted by Gasteiger charge is 2.52. The number of nitrogens with two attached hydrogens (primary N) is 1. The molecule has 0 radical (unpaired) electrons. The molecule has 1 aromatic rings. The lowest BCUT2D eigenvalue weighted by Crippen LogP contribution is -2.68. The maximum atomic E-state index is 13.2. The molecule has 1 saturated carbocycles. The van der Waals surface area contributed by atoms with Crippen LogP contribution in [0.4, 0.5) is 4.39 Å². The van der Waals surface area contributed by atoms with Crippen LogP contribution < -0.4 is 11.1 Å². The second kappa shape index (κ2) is 4.58. The molecule has 3 rings (SSSR count). The van der Waals surface area contributed by atoms with Crippen LogP contribution in [-0.4, -0.2) is 30.7 Å². The molecule has 3 N–H and O–H groups in total. The van der Waals surface area contributed by atoms with E-state index < -0.39 is 0 Å². The highest BCUT2D eigenvalue weighted by Crippen LogP contribution is 2.37. The zero-order chi connectivity index (χ0) is 13.6. The molecule has 102 valence electrons. The Morgan fingerprint density at radius 1 is 1.53 bits per heavy atom. The first-order chi connectivity index (χ1) is 9.08. The summed E-state index contributed by atoms with van der Waals surface area (Å²) >= 11 is 0. The van der Waals surface area contributed by atoms with Crippen LogP contribution in [0, 0.1) is 18.7 Å². The molecule has 19 heavy (non-hydrogen) atoms. The van der Waals surface area contributed by atoms with Crippen LogP contribution in [0.2, 0.25) is 0 Å². The molecular formula is C14H17FN2O2. The summed E-state index contributed by atoms with van der Waals surface area (Å²) in [6.07, 6.45) is 1.01. The van der Waals surface area contributed by atoms with Gasteiger partial charge in [0, 0.05) is 24.1 Å². The SMILES string of the molecule is Cc1cc(C(=O)NC2C(N)C3CCOC32)ccc1F. The van der Waals surface area contributed by atoms with Crippen LogP contribution in [0.15, 0.2) is 18.2 Å². The van der Waals surface area contributed by atoms with Gasteiger partial charge in [0.1, 0.15) is 5.82 Å². The predicted molar refractivity (Wildman–Crippen MR) is 68.2 cm³/mol. The number of fused-ring (bicyclic) bond motifs is 1. The first kappa shape index (κ1) is 12.6. The minimum absolute atomic E-state index is 0.0421. The molecule has 1 saturated heterocycles. The van der Waals surface area contributed by atoms with Gasteiger partial charge < -0.3 is 15.8 Å². The number of benzene rings is 1. The van der Waals surface area contributed by atoms with Crippen LogP contribution in [0.5, 0.6) is 0 Å². The molecule has 0 aromatic heterocycles. The van der Waals surface area contributed by atoms with Crippen molar-refractivity contribution in [2.75, 3.05) is 6.61 Å². The van der Waals surface area contributed by atoms with Crippen molar-refractivity contribution in [3.05, 3.63) is 35.1 Å². The Hall–Kier alpha value is -1.46. The Kier molecular flexibility index (Phi) is 3.03. The highest BCUT2D eigenvalue weighted by atomic mass is 19.1. The van der Waals surface area contributed by atoms with E-state index in [4.69, 9.17) is 10.5 Å². The number of halogens is 1. The normalized spacial score (nSPS) is 32.6. The molecule has 0 spiro atoms. The minimum Gasteiger partial charge on any atom is -0.376 e. The van der Waals surface area contributed by atoms with E-state index in [1.807, 2.05) is 0 Å². The first-order valence-electron chi connectivity index (χ1n) is 6.52. The average Bonchev–Trinajstić information content (AvgIpc) is 2.83. The van der Waals surface area contributed by atoms with E-state index in [-0.39, 0.29) is 29.9 Å². The number of hydrogen-bond acceptors (Lipinski definition) is 3. The van der Waals surface area contributed by atoms with Gasteiger partial charge in [0.15, 0.2) is 0 Å². The molecule has 4 nitrogen and oxygen atoms in total. The van der Waals surface area contributed by atoms with E-state index in [1.54, 1.807) is 13.0 Å². The third-order valence-electron chi connectivity index (χ3n) is 4.16. The van der Waals surface area contributed by atoms with E-state index in [0.29, 0.717) is 23.7 Å². The van der Waals surface area contributed by atoms with Crippen LogP contribution >= 0.6 is 0 Å². The van der Waals surface area contributed by atoms with Crippen LogP contribution in [0.1, 0.15) is 22.3 Å². The van der Waals surface area contributed by atoms with Crippen molar-refractivity contribution >= 4 is 5.91 Å². The Morgan fingerprint density at radius 2 is 2.32 bits per heavy atom. The highest BCUT2D eigenvalue weighted by molar-refractivity contribution is 5.94. The van der Waals surface area contributed by atoms with Crippen LogP contribution in [0.25, 0.3) is 0 Å². The predicted octanol–water partition coefficient (Wildman–Crippen LogP) is 0.979. The largest absolute Gasteiger partial charge is 0.376 e. The van der Waals surface area contributed by atoms with Gasteiger partial charge in [0.05, 0.1) is 12.1 Å². The Labute approximate surface area is 111 Å². The lowest BCUT2D eigenvalue weighted by atomic mass is 9.72. The van der Waals surface area contributed by atoms with Gasteiger partial charge in [0.25, 0.3) is 5.91 Å². The van der Waals surface area contributed by atoms with Crippen molar-refractivity contribution < 1.29 is 13.9 Å². The molecule has 1 aliphatic heterocycles. The van der Waals surface area contributed by atoms with Crippen LogP contribution in [-0.2, 0) is 4.74 Å². The summed E-state index contributed by atoms with van der Waals surface area (Å²) in [4.78, 5) is 12.1. The molecule has 1 amide bonds. The fraction of sp³-hybridized carbons (Fsp3) is 0.500. The number of nitrogens with one attached hydrogen (secondary N) is 1. The number of hydrogen-bond donors (Lipinski definition) is 2. The number of amides is 1. The zero-order valence-corrected chi connectivity index (χ0v) is 10.7. The fourth-order valence-electron chi connectivity index (χ4n) is 2.95. The van der Waals surface area contributed by atoms with Gasteiger partial charge in [-0.3, -0.25) is 4.79 Å². The van der Waals surface area contributed by atoms with Crippen molar-refractivity contribution in [2.24, 2.45) is 11.7 Å². The van der Waals surface area contributed by atoms with Gasteiger partial charge in [-0.05, 0) is 37.1 Å². The van der Waals surface area contributed by atoms with E-state index in [9.17, 15) is 9.18 Å². The van der Waals surface area contributed by atoms with E-state index in [2.05, 4.69) is 5.32 Å². The molecule has 4 atom stereocenters. The second-order valence-corrected chi connectivity index (χ2v) is 5.33. The Bertz CT molecular complexity index is 520. The average molecular weight is 264 g/mol. The summed E-state index contributed by atoms with van der Waals surface area (Å²) in [5.74, 6) is -0.172. The van der Waals surface area contributed by atoms with Gasteiger partial charge in [-0.2, -0.15) is 0 Å². The number of ether oxygens (including phenoxy) is 1. The quantitative estimate of drug-likeness (QED) is 0.837. The van der Waals surface area contributed by atoms with Gasteiger partial charge in [-0.25, -0.2) is 4.39 Å². The maximum Gasteiger partial charge on any atom is 0.251 e. The molecule has 1 aliphatic carbocycles. The molecular weight excluding hydrogens is 247 g/mol. The number of carbonyl (C=O) groups excluding carboxylic acids is 1. The lowest BCUT2D eigenvalue weighted by molar-refractivity contribution is -0.0161. The van der Waals surface area contributed by atoms with Crippen molar-refractivity contribution in [3.8, 4) is 0 Å². The third-order valence-corrected chi connectivity index (χ3v) is 4.16. The summed E-state index contributed by atoms with van der Waals surface area (Å²) in [5.41, 5.74) is 6.94. The molecule has 1 heterocycles. The summed E-state index contributed by atoms with van der Waals surface area (Å²) in [7, 11) is 0. The van der Waals surface area contributed by atoms with Gasteiger partial charge in [0.2, 0.25) is 0 Å². The monoisotopic (exact) mass is 264 g/mol. The van der Waals surface area contributed by atoms with Crippen molar-refractivity contribution in [2.45, 2.75) is 31.5 Å². The maximum absolute atomic E-state index is 13.2. The second-order valence-electron chi connectivity index (χ2n) is 5.33.